The lowest BCUT2D eigenvalue weighted by molar-refractivity contribution is -0.384. The molecular weight excluding hydrogens is 540 g/mol. The molecular formula is C31H20N4O7. The van der Waals surface area contributed by atoms with Gasteiger partial charge in [-0.15, -0.1) is 0 Å². The SMILES string of the molecule is O=C(O)c1ccc(COc2ccc([N+](=O)[O-])cc2C=Nn2c(-c3cc4ccccc4o3)nc3ccccc3c2=O)cc1. The summed E-state index contributed by atoms with van der Waals surface area (Å²) in [5, 5.41) is 26.2. The van der Waals surface area contributed by atoms with Crippen LogP contribution >= 0.6 is 0 Å². The number of rotatable bonds is 8. The summed E-state index contributed by atoms with van der Waals surface area (Å²) in [5.74, 6) is -0.315. The molecule has 0 aliphatic heterocycles. The Balaban J connectivity index is 1.42. The van der Waals surface area contributed by atoms with Gasteiger partial charge in [-0.25, -0.2) is 9.78 Å². The Morgan fingerprint density at radius 1 is 1.02 bits per heavy atom. The van der Waals surface area contributed by atoms with Crippen LogP contribution in [0.3, 0.4) is 0 Å². The maximum absolute atomic E-state index is 13.6. The third-order valence-corrected chi connectivity index (χ3v) is 6.51. The van der Waals surface area contributed by atoms with Crippen molar-refractivity contribution >= 4 is 39.7 Å². The Labute approximate surface area is 236 Å². The molecule has 0 spiro atoms. The van der Waals surface area contributed by atoms with E-state index >= 15 is 0 Å². The minimum Gasteiger partial charge on any atom is -0.488 e. The second kappa shape index (κ2) is 10.8. The van der Waals surface area contributed by atoms with Crippen molar-refractivity contribution in [2.24, 2.45) is 5.10 Å². The van der Waals surface area contributed by atoms with Crippen molar-refractivity contribution in [3.63, 3.8) is 0 Å². The van der Waals surface area contributed by atoms with E-state index in [1.807, 2.05) is 18.2 Å². The minimum absolute atomic E-state index is 0.0558. The van der Waals surface area contributed by atoms with E-state index in [0.29, 0.717) is 27.8 Å². The molecule has 0 fully saturated rings. The number of nitro groups is 1. The number of carbonyl (C=O) groups is 1. The Kier molecular flexibility index (Phi) is 6.73. The summed E-state index contributed by atoms with van der Waals surface area (Å²) >= 11 is 0. The molecule has 2 aromatic heterocycles. The van der Waals surface area contributed by atoms with Crippen molar-refractivity contribution < 1.29 is 24.0 Å². The number of benzene rings is 4. The standard InChI is InChI=1S/C31H20N4O7/c36-30-24-6-2-3-7-25(24)33-29(28-16-21-5-1-4-8-27(21)42-28)34(30)32-17-22-15-23(35(39)40)13-14-26(22)41-18-19-9-11-20(12-10-19)31(37)38/h1-17H,18H2,(H,37,38). The predicted molar refractivity (Wildman–Crippen MR) is 155 cm³/mol. The summed E-state index contributed by atoms with van der Waals surface area (Å²) in [6.07, 6.45) is 1.29. The van der Waals surface area contributed by atoms with E-state index in [9.17, 15) is 19.7 Å². The number of carboxylic acids is 1. The van der Waals surface area contributed by atoms with Crippen molar-refractivity contribution in [2.75, 3.05) is 0 Å². The Bertz CT molecular complexity index is 2050. The number of furan rings is 1. The molecule has 0 aliphatic rings. The fraction of sp³-hybridized carbons (Fsp3) is 0.0323. The van der Waals surface area contributed by atoms with Crippen LogP contribution < -0.4 is 10.3 Å². The second-order valence-corrected chi connectivity index (χ2v) is 9.23. The first kappa shape index (κ1) is 26.1. The molecule has 0 aliphatic carbocycles. The number of nitrogens with zero attached hydrogens (tertiary/aromatic N) is 4. The zero-order valence-corrected chi connectivity index (χ0v) is 21.7. The van der Waals surface area contributed by atoms with E-state index in [0.717, 1.165) is 10.1 Å². The molecule has 1 N–H and O–H groups in total. The summed E-state index contributed by atoms with van der Waals surface area (Å²) in [4.78, 5) is 40.4. The van der Waals surface area contributed by atoms with Gasteiger partial charge in [0.25, 0.3) is 11.2 Å². The topological polar surface area (TPSA) is 150 Å². The first-order valence-corrected chi connectivity index (χ1v) is 12.7. The highest BCUT2D eigenvalue weighted by Gasteiger charge is 2.17. The number of aromatic nitrogens is 2. The maximum Gasteiger partial charge on any atom is 0.335 e. The summed E-state index contributed by atoms with van der Waals surface area (Å²) in [6, 6.07) is 26.1. The maximum atomic E-state index is 13.6. The van der Waals surface area contributed by atoms with Crippen LogP contribution in [0.15, 0.2) is 111 Å². The van der Waals surface area contributed by atoms with Crippen LogP contribution in [-0.2, 0) is 6.61 Å². The van der Waals surface area contributed by atoms with Crippen LogP contribution in [0, 0.1) is 10.1 Å². The largest absolute Gasteiger partial charge is 0.488 e. The Hall–Kier alpha value is -6.10. The molecule has 42 heavy (non-hydrogen) atoms. The fourth-order valence-corrected chi connectivity index (χ4v) is 4.39. The third kappa shape index (κ3) is 5.09. The molecule has 0 unspecified atom stereocenters. The van der Waals surface area contributed by atoms with Crippen molar-refractivity contribution in [3.05, 3.63) is 134 Å². The number of nitro benzene ring substituents is 1. The number of para-hydroxylation sites is 2. The molecule has 4 aromatic carbocycles. The monoisotopic (exact) mass is 560 g/mol. The average molecular weight is 561 g/mol. The molecule has 6 rings (SSSR count). The Morgan fingerprint density at radius 3 is 2.55 bits per heavy atom. The van der Waals surface area contributed by atoms with Crippen molar-refractivity contribution in [2.45, 2.75) is 6.61 Å². The summed E-state index contributed by atoms with van der Waals surface area (Å²) in [5.41, 5.74) is 1.46. The minimum atomic E-state index is -1.04. The third-order valence-electron chi connectivity index (χ3n) is 6.51. The van der Waals surface area contributed by atoms with Crippen molar-refractivity contribution in [1.29, 1.82) is 0 Å². The van der Waals surface area contributed by atoms with E-state index < -0.39 is 16.5 Å². The van der Waals surface area contributed by atoms with E-state index in [1.165, 1.54) is 36.5 Å². The highest BCUT2D eigenvalue weighted by Crippen LogP contribution is 2.28. The first-order chi connectivity index (χ1) is 20.4. The summed E-state index contributed by atoms with van der Waals surface area (Å²) in [6.45, 7) is 0.0558. The van der Waals surface area contributed by atoms with Gasteiger partial charge in [-0.1, -0.05) is 42.5 Å². The fourth-order valence-electron chi connectivity index (χ4n) is 4.39. The number of ether oxygens (including phenoxy) is 1. The number of carboxylic acid groups (broad SMARTS) is 1. The molecule has 11 nitrogen and oxygen atoms in total. The van der Waals surface area contributed by atoms with E-state index in [4.69, 9.17) is 14.3 Å². The van der Waals surface area contributed by atoms with Gasteiger partial charge in [0.05, 0.1) is 27.6 Å². The molecule has 0 amide bonds. The lowest BCUT2D eigenvalue weighted by Gasteiger charge is -2.10. The van der Waals surface area contributed by atoms with Gasteiger partial charge in [-0.05, 0) is 48.0 Å². The van der Waals surface area contributed by atoms with Gasteiger partial charge in [-0.2, -0.15) is 9.78 Å². The van der Waals surface area contributed by atoms with Gasteiger partial charge in [0, 0.05) is 23.1 Å². The van der Waals surface area contributed by atoms with Crippen LogP contribution in [0.2, 0.25) is 0 Å². The quantitative estimate of drug-likeness (QED) is 0.138. The normalized spacial score (nSPS) is 11.3. The van der Waals surface area contributed by atoms with Gasteiger partial charge >= 0.3 is 5.97 Å². The van der Waals surface area contributed by atoms with Gasteiger partial charge < -0.3 is 14.3 Å². The van der Waals surface area contributed by atoms with Crippen molar-refractivity contribution in [3.8, 4) is 17.3 Å². The van der Waals surface area contributed by atoms with E-state index in [-0.39, 0.29) is 35.0 Å². The number of hydrogen-bond donors (Lipinski definition) is 1. The van der Waals surface area contributed by atoms with Crippen LogP contribution in [-0.4, -0.2) is 31.9 Å². The van der Waals surface area contributed by atoms with Gasteiger partial charge in [0.1, 0.15) is 17.9 Å². The first-order valence-electron chi connectivity index (χ1n) is 12.7. The zero-order chi connectivity index (χ0) is 29.2. The molecule has 0 radical (unpaired) electrons. The summed E-state index contributed by atoms with van der Waals surface area (Å²) in [7, 11) is 0. The zero-order valence-electron chi connectivity index (χ0n) is 21.7. The van der Waals surface area contributed by atoms with Crippen LogP contribution in [0.4, 0.5) is 5.69 Å². The van der Waals surface area contributed by atoms with Gasteiger partial charge in [0.2, 0.25) is 5.82 Å². The number of hydrogen-bond acceptors (Lipinski definition) is 8. The molecule has 0 bridgehead atoms. The smallest absolute Gasteiger partial charge is 0.335 e. The highest BCUT2D eigenvalue weighted by molar-refractivity contribution is 5.88. The molecule has 206 valence electrons. The molecule has 0 atom stereocenters. The number of non-ortho nitro benzene ring substituents is 1. The number of fused-ring (bicyclic) bond motifs is 2. The molecule has 6 aromatic rings. The van der Waals surface area contributed by atoms with Crippen molar-refractivity contribution in [1.82, 2.24) is 9.66 Å². The van der Waals surface area contributed by atoms with E-state index in [1.54, 1.807) is 48.5 Å². The summed E-state index contributed by atoms with van der Waals surface area (Å²) < 4.78 is 13.0. The molecule has 0 saturated carbocycles. The van der Waals surface area contributed by atoms with Crippen LogP contribution in [0.5, 0.6) is 5.75 Å². The molecule has 2 heterocycles. The number of aromatic carboxylic acids is 1. The van der Waals surface area contributed by atoms with E-state index in [2.05, 4.69) is 10.1 Å². The van der Waals surface area contributed by atoms with Gasteiger partial charge in [0.15, 0.2) is 5.76 Å². The lowest BCUT2D eigenvalue weighted by atomic mass is 10.1. The average Bonchev–Trinajstić information content (AvgIpc) is 3.44. The second-order valence-electron chi connectivity index (χ2n) is 9.23. The predicted octanol–water partition coefficient (Wildman–Crippen LogP) is 5.88. The lowest BCUT2D eigenvalue weighted by Crippen LogP contribution is -2.20. The Morgan fingerprint density at radius 2 is 1.79 bits per heavy atom. The van der Waals surface area contributed by atoms with Crippen LogP contribution in [0.25, 0.3) is 33.5 Å². The highest BCUT2D eigenvalue weighted by atomic mass is 16.6. The molecule has 11 heteroatoms. The van der Waals surface area contributed by atoms with Crippen LogP contribution in [0.1, 0.15) is 21.5 Å². The van der Waals surface area contributed by atoms with Gasteiger partial charge in [-0.3, -0.25) is 14.9 Å². The molecule has 0 saturated heterocycles.